The average Bonchev–Trinajstić information content (AvgIpc) is 3.18. The molecule has 1 N–H and O–H groups in total. The first-order chi connectivity index (χ1) is 12.5. The predicted octanol–water partition coefficient (Wildman–Crippen LogP) is 1.27. The van der Waals surface area contributed by atoms with Crippen LogP contribution in [0.5, 0.6) is 5.75 Å². The molecule has 26 heavy (non-hydrogen) atoms. The molecule has 1 unspecified atom stereocenters. The van der Waals surface area contributed by atoms with Crippen molar-refractivity contribution in [1.29, 1.82) is 0 Å². The Morgan fingerprint density at radius 3 is 2.85 bits per heavy atom. The van der Waals surface area contributed by atoms with E-state index in [1.165, 1.54) is 16.8 Å². The van der Waals surface area contributed by atoms with Gasteiger partial charge in [-0.3, -0.25) is 0 Å². The topological polar surface area (TPSA) is 97.8 Å². The molecule has 8 nitrogen and oxygen atoms in total. The summed E-state index contributed by atoms with van der Waals surface area (Å²) in [7, 11) is -1.20. The van der Waals surface area contributed by atoms with E-state index in [0.717, 1.165) is 17.1 Å². The molecule has 1 aliphatic rings. The van der Waals surface area contributed by atoms with Crippen LogP contribution in [0.2, 0.25) is 0 Å². The number of sulfonamides is 1. The van der Waals surface area contributed by atoms with E-state index < -0.39 is 22.0 Å². The lowest BCUT2D eigenvalue weighted by molar-refractivity contribution is 0.0590. The number of hydrogen-bond donors (Lipinski definition) is 1. The van der Waals surface area contributed by atoms with Gasteiger partial charge in [0.15, 0.2) is 5.69 Å². The molecule has 2 heterocycles. The number of aromatic nitrogens is 1. The number of ether oxygens (including phenoxy) is 2. The molecule has 3 rings (SSSR count). The molecule has 0 bridgehead atoms. The zero-order valence-electron chi connectivity index (χ0n) is 14.3. The molecular weight excluding hydrogens is 378 g/mol. The van der Waals surface area contributed by atoms with Crippen molar-refractivity contribution < 1.29 is 22.7 Å². The van der Waals surface area contributed by atoms with Crippen LogP contribution in [-0.4, -0.2) is 56.9 Å². The summed E-state index contributed by atoms with van der Waals surface area (Å²) in [5.74, 6) is -0.160. The highest BCUT2D eigenvalue weighted by atomic mass is 32.2. The smallest absolute Gasteiger partial charge is 0.359 e. The summed E-state index contributed by atoms with van der Waals surface area (Å²) in [6, 6.07) is 6.83. The van der Waals surface area contributed by atoms with E-state index in [9.17, 15) is 13.2 Å². The first-order valence-corrected chi connectivity index (χ1v) is 10.2. The van der Waals surface area contributed by atoms with E-state index in [2.05, 4.69) is 14.4 Å². The van der Waals surface area contributed by atoms with Crippen molar-refractivity contribution in [2.24, 2.45) is 0 Å². The van der Waals surface area contributed by atoms with E-state index >= 15 is 0 Å². The zero-order valence-corrected chi connectivity index (χ0v) is 16.0. The molecule has 1 atom stereocenters. The lowest BCUT2D eigenvalue weighted by atomic mass is 10.0. The Balaban J connectivity index is 2.05. The second-order valence-electron chi connectivity index (χ2n) is 5.60. The normalized spacial score (nSPS) is 18.5. The van der Waals surface area contributed by atoms with Gasteiger partial charge in [0.25, 0.3) is 0 Å². The van der Waals surface area contributed by atoms with Crippen LogP contribution in [0.15, 0.2) is 34.5 Å². The summed E-state index contributed by atoms with van der Waals surface area (Å²) in [5.41, 5.74) is 0.573. The van der Waals surface area contributed by atoms with Crippen molar-refractivity contribution in [3.05, 3.63) is 40.9 Å². The molecule has 0 amide bonds. The second-order valence-corrected chi connectivity index (χ2v) is 8.08. The van der Waals surface area contributed by atoms with E-state index in [-0.39, 0.29) is 17.1 Å². The first-order valence-electron chi connectivity index (χ1n) is 7.89. The highest BCUT2D eigenvalue weighted by Gasteiger charge is 2.38. The van der Waals surface area contributed by atoms with Gasteiger partial charge in [-0.15, -0.1) is 0 Å². The number of rotatable bonds is 5. The third-order valence-electron chi connectivity index (χ3n) is 4.19. The molecule has 1 saturated heterocycles. The third kappa shape index (κ3) is 3.32. The van der Waals surface area contributed by atoms with Gasteiger partial charge in [-0.1, -0.05) is 18.2 Å². The van der Waals surface area contributed by atoms with Gasteiger partial charge in [-0.25, -0.2) is 13.2 Å². The van der Waals surface area contributed by atoms with Crippen LogP contribution in [0.1, 0.15) is 22.1 Å². The fourth-order valence-electron chi connectivity index (χ4n) is 2.95. The zero-order chi connectivity index (χ0) is 18.7. The van der Waals surface area contributed by atoms with Crippen LogP contribution in [0.4, 0.5) is 0 Å². The lowest BCUT2D eigenvalue weighted by Crippen LogP contribution is -2.48. The van der Waals surface area contributed by atoms with Gasteiger partial charge in [0, 0.05) is 30.6 Å². The Kier molecular flexibility index (Phi) is 5.56. The number of hydrogen-bond acceptors (Lipinski definition) is 8. The summed E-state index contributed by atoms with van der Waals surface area (Å²) in [5, 5.41) is 4.58. The van der Waals surface area contributed by atoms with Gasteiger partial charge < -0.3 is 14.8 Å². The molecule has 2 aromatic rings. The minimum atomic E-state index is -3.94. The standard InChI is InChI=1S/C16H19N3O5S2/c1-23-13-6-4-3-5-11(13)12-9-17-7-8-19(12)26(21,22)14-10-25-18-15(14)16(20)24-2/h3-6,10,12,17H,7-9H2,1-2H3. The monoisotopic (exact) mass is 397 g/mol. The van der Waals surface area contributed by atoms with Crippen LogP contribution in [0.3, 0.4) is 0 Å². The predicted molar refractivity (Wildman–Crippen MR) is 96.0 cm³/mol. The SMILES string of the molecule is COC(=O)c1nscc1S(=O)(=O)N1CCNCC1c1ccccc1OC. The van der Waals surface area contributed by atoms with E-state index in [1.54, 1.807) is 13.2 Å². The van der Waals surface area contributed by atoms with Crippen LogP contribution in [0, 0.1) is 0 Å². The number of benzene rings is 1. The molecule has 1 aromatic heterocycles. The van der Waals surface area contributed by atoms with Gasteiger partial charge in [-0.05, 0) is 17.6 Å². The first kappa shape index (κ1) is 18.8. The van der Waals surface area contributed by atoms with Crippen LogP contribution in [0.25, 0.3) is 0 Å². The van der Waals surface area contributed by atoms with Crippen molar-refractivity contribution in [3.8, 4) is 5.75 Å². The highest BCUT2D eigenvalue weighted by Crippen LogP contribution is 2.35. The van der Waals surface area contributed by atoms with E-state index in [4.69, 9.17) is 4.74 Å². The van der Waals surface area contributed by atoms with Crippen molar-refractivity contribution in [2.75, 3.05) is 33.9 Å². The lowest BCUT2D eigenvalue weighted by Gasteiger charge is -2.35. The van der Waals surface area contributed by atoms with Gasteiger partial charge in [0.1, 0.15) is 10.6 Å². The Bertz CT molecular complexity index is 897. The minimum absolute atomic E-state index is 0.129. The maximum atomic E-state index is 13.3. The molecule has 10 heteroatoms. The van der Waals surface area contributed by atoms with Gasteiger partial charge in [-0.2, -0.15) is 8.68 Å². The third-order valence-corrected chi connectivity index (χ3v) is 6.89. The molecular formula is C16H19N3O5S2. The number of esters is 1. The van der Waals surface area contributed by atoms with Crippen LogP contribution in [-0.2, 0) is 14.8 Å². The maximum Gasteiger partial charge on any atom is 0.359 e. The number of carbonyl (C=O) groups is 1. The molecule has 1 aliphatic heterocycles. The van der Waals surface area contributed by atoms with Crippen molar-refractivity contribution >= 4 is 27.5 Å². The van der Waals surface area contributed by atoms with Crippen molar-refractivity contribution in [1.82, 2.24) is 14.0 Å². The van der Waals surface area contributed by atoms with Crippen LogP contribution >= 0.6 is 11.5 Å². The van der Waals surface area contributed by atoms with E-state index in [1.807, 2.05) is 18.2 Å². The fourth-order valence-corrected chi connectivity index (χ4v) is 5.64. The number of nitrogens with one attached hydrogen (secondary N) is 1. The summed E-state index contributed by atoms with van der Waals surface area (Å²) >= 11 is 0.908. The van der Waals surface area contributed by atoms with Crippen LogP contribution < -0.4 is 10.1 Å². The fraction of sp³-hybridized carbons (Fsp3) is 0.375. The quantitative estimate of drug-likeness (QED) is 0.759. The number of piperazine rings is 1. The number of methoxy groups -OCH3 is 2. The number of nitrogens with zero attached hydrogens (tertiary/aromatic N) is 2. The Hall–Kier alpha value is -2.01. The maximum absolute atomic E-state index is 13.3. The molecule has 1 aromatic carbocycles. The van der Waals surface area contributed by atoms with Gasteiger partial charge >= 0.3 is 5.97 Å². The molecule has 1 fully saturated rings. The average molecular weight is 397 g/mol. The largest absolute Gasteiger partial charge is 0.496 e. The van der Waals surface area contributed by atoms with Gasteiger partial charge in [0.05, 0.1) is 20.3 Å². The summed E-state index contributed by atoms with van der Waals surface area (Å²) < 4.78 is 41.9. The highest BCUT2D eigenvalue weighted by molar-refractivity contribution is 7.89. The van der Waals surface area contributed by atoms with Gasteiger partial charge in [0.2, 0.25) is 10.0 Å². The Morgan fingerprint density at radius 1 is 1.35 bits per heavy atom. The summed E-state index contributed by atoms with van der Waals surface area (Å²) in [4.78, 5) is 11.8. The van der Waals surface area contributed by atoms with Crippen molar-refractivity contribution in [2.45, 2.75) is 10.9 Å². The molecule has 0 saturated carbocycles. The Morgan fingerprint density at radius 2 is 2.12 bits per heavy atom. The van der Waals surface area contributed by atoms with Crippen molar-refractivity contribution in [3.63, 3.8) is 0 Å². The summed E-state index contributed by atoms with van der Waals surface area (Å²) in [6.07, 6.45) is 0. The molecule has 0 radical (unpaired) electrons. The van der Waals surface area contributed by atoms with E-state index in [0.29, 0.717) is 18.8 Å². The molecule has 140 valence electrons. The second kappa shape index (κ2) is 7.70. The molecule has 0 spiro atoms. The minimum Gasteiger partial charge on any atom is -0.496 e. The summed E-state index contributed by atoms with van der Waals surface area (Å²) in [6.45, 7) is 1.21. The Labute approximate surface area is 155 Å². The molecule has 0 aliphatic carbocycles. The number of para-hydroxylation sites is 1. The number of carbonyl (C=O) groups excluding carboxylic acids is 1.